The lowest BCUT2D eigenvalue weighted by atomic mass is 10.4. The van der Waals surface area contributed by atoms with Gasteiger partial charge in [-0.15, -0.1) is 11.3 Å². The molecule has 0 N–H and O–H groups in total. The largest absolute Gasteiger partial charge is 0.464 e. The molecule has 0 aliphatic heterocycles. The smallest absolute Gasteiger partial charge is 0.357 e. The van der Waals surface area contributed by atoms with Gasteiger partial charge in [-0.25, -0.2) is 18.2 Å². The summed E-state index contributed by atoms with van der Waals surface area (Å²) in [7, 11) is -1.97. The molecule has 0 bridgehead atoms. The average molecular weight is 306 g/mol. The minimum atomic E-state index is -3.25. The molecule has 0 spiro atoms. The van der Waals surface area contributed by atoms with E-state index in [1.807, 2.05) is 6.92 Å². The van der Waals surface area contributed by atoms with Gasteiger partial charge in [0.1, 0.15) is 5.01 Å². The predicted molar refractivity (Wildman–Crippen MR) is 73.6 cm³/mol. The van der Waals surface area contributed by atoms with Crippen LogP contribution in [0.5, 0.6) is 0 Å². The fraction of sp³-hybridized carbons (Fsp3) is 0.636. The summed E-state index contributed by atoms with van der Waals surface area (Å²) < 4.78 is 29.8. The molecule has 0 aromatic carbocycles. The van der Waals surface area contributed by atoms with E-state index in [1.165, 1.54) is 22.8 Å². The topological polar surface area (TPSA) is 76.6 Å². The van der Waals surface area contributed by atoms with Crippen LogP contribution < -0.4 is 0 Å². The van der Waals surface area contributed by atoms with E-state index in [2.05, 4.69) is 9.72 Å². The highest BCUT2D eigenvalue weighted by molar-refractivity contribution is 7.89. The third-order valence-corrected chi connectivity index (χ3v) is 5.15. The molecule has 0 aliphatic rings. The minimum absolute atomic E-state index is 0.0578. The van der Waals surface area contributed by atoms with Gasteiger partial charge in [0.2, 0.25) is 10.0 Å². The first-order valence-electron chi connectivity index (χ1n) is 5.95. The van der Waals surface area contributed by atoms with E-state index in [4.69, 9.17) is 0 Å². The van der Waals surface area contributed by atoms with E-state index >= 15 is 0 Å². The van der Waals surface area contributed by atoms with Crippen molar-refractivity contribution in [2.45, 2.75) is 26.8 Å². The standard InChI is InChI=1S/C11H18N2O4S2/c1-4-6-13(19(15,16)5-2)7-10-12-9(8-18-10)11(14)17-3/h8H,4-7H2,1-3H3. The van der Waals surface area contributed by atoms with Gasteiger partial charge in [0, 0.05) is 11.9 Å². The summed E-state index contributed by atoms with van der Waals surface area (Å²) in [5.41, 5.74) is 0.216. The van der Waals surface area contributed by atoms with Crippen LogP contribution in [-0.4, -0.2) is 43.1 Å². The van der Waals surface area contributed by atoms with Gasteiger partial charge >= 0.3 is 5.97 Å². The first-order valence-corrected chi connectivity index (χ1v) is 8.44. The molecule has 0 atom stereocenters. The van der Waals surface area contributed by atoms with Crippen molar-refractivity contribution in [1.82, 2.24) is 9.29 Å². The maximum absolute atomic E-state index is 11.9. The van der Waals surface area contributed by atoms with Gasteiger partial charge in [-0.2, -0.15) is 4.31 Å². The van der Waals surface area contributed by atoms with E-state index < -0.39 is 16.0 Å². The zero-order valence-electron chi connectivity index (χ0n) is 11.2. The molecule has 1 aromatic rings. The second-order valence-electron chi connectivity index (χ2n) is 3.85. The summed E-state index contributed by atoms with van der Waals surface area (Å²) in [6.07, 6.45) is 0.731. The van der Waals surface area contributed by atoms with E-state index in [0.29, 0.717) is 11.6 Å². The summed E-state index contributed by atoms with van der Waals surface area (Å²) in [4.78, 5) is 15.4. The van der Waals surface area contributed by atoms with Gasteiger partial charge in [-0.1, -0.05) is 6.92 Å². The van der Waals surface area contributed by atoms with Crippen molar-refractivity contribution in [3.8, 4) is 0 Å². The summed E-state index contributed by atoms with van der Waals surface area (Å²) in [6, 6.07) is 0. The van der Waals surface area contributed by atoms with Crippen molar-refractivity contribution in [2.75, 3.05) is 19.4 Å². The average Bonchev–Trinajstić information content (AvgIpc) is 2.86. The van der Waals surface area contributed by atoms with Gasteiger partial charge in [-0.05, 0) is 13.3 Å². The molecule has 19 heavy (non-hydrogen) atoms. The molecule has 8 heteroatoms. The van der Waals surface area contributed by atoms with Crippen LogP contribution >= 0.6 is 11.3 Å². The zero-order chi connectivity index (χ0) is 14.5. The molecule has 0 amide bonds. The highest BCUT2D eigenvalue weighted by Gasteiger charge is 2.21. The van der Waals surface area contributed by atoms with Crippen molar-refractivity contribution >= 4 is 27.3 Å². The second-order valence-corrected chi connectivity index (χ2v) is 7.05. The van der Waals surface area contributed by atoms with Gasteiger partial charge in [-0.3, -0.25) is 0 Å². The zero-order valence-corrected chi connectivity index (χ0v) is 12.9. The molecule has 0 aliphatic carbocycles. The quantitative estimate of drug-likeness (QED) is 0.713. The lowest BCUT2D eigenvalue weighted by molar-refractivity contribution is 0.0594. The summed E-state index contributed by atoms with van der Waals surface area (Å²) >= 11 is 1.26. The van der Waals surface area contributed by atoms with E-state index in [-0.39, 0.29) is 18.0 Å². The predicted octanol–water partition coefficient (Wildman–Crippen LogP) is 1.49. The number of esters is 1. The maximum atomic E-state index is 11.9. The van der Waals surface area contributed by atoms with Crippen LogP contribution in [-0.2, 0) is 21.3 Å². The number of carbonyl (C=O) groups excluding carboxylic acids is 1. The number of hydrogen-bond donors (Lipinski definition) is 0. The molecule has 1 rings (SSSR count). The van der Waals surface area contributed by atoms with E-state index in [9.17, 15) is 13.2 Å². The molecule has 0 unspecified atom stereocenters. The monoisotopic (exact) mass is 306 g/mol. The highest BCUT2D eigenvalue weighted by Crippen LogP contribution is 2.16. The SMILES string of the molecule is CCCN(Cc1nc(C(=O)OC)cs1)S(=O)(=O)CC. The number of thiazole rings is 1. The van der Waals surface area contributed by atoms with Crippen LogP contribution in [0.4, 0.5) is 0 Å². The number of sulfonamides is 1. The first kappa shape index (κ1) is 16.1. The number of nitrogens with zero attached hydrogens (tertiary/aromatic N) is 2. The Morgan fingerprint density at radius 1 is 1.47 bits per heavy atom. The molecule has 108 valence electrons. The molecule has 0 radical (unpaired) electrons. The van der Waals surface area contributed by atoms with Crippen molar-refractivity contribution in [3.05, 3.63) is 16.1 Å². The van der Waals surface area contributed by atoms with Gasteiger partial charge in [0.15, 0.2) is 5.69 Å². The van der Waals surface area contributed by atoms with Crippen molar-refractivity contribution < 1.29 is 17.9 Å². The molecular weight excluding hydrogens is 288 g/mol. The molecular formula is C11H18N2O4S2. The Balaban J connectivity index is 2.86. The number of carbonyl (C=O) groups is 1. The molecule has 0 saturated carbocycles. The van der Waals surface area contributed by atoms with Crippen molar-refractivity contribution in [2.24, 2.45) is 0 Å². The maximum Gasteiger partial charge on any atom is 0.357 e. The summed E-state index contributed by atoms with van der Waals surface area (Å²) in [6.45, 7) is 4.18. The Kier molecular flexibility index (Phi) is 5.89. The highest BCUT2D eigenvalue weighted by atomic mass is 32.2. The normalized spacial score (nSPS) is 11.8. The fourth-order valence-electron chi connectivity index (χ4n) is 1.48. The number of methoxy groups -OCH3 is 1. The molecule has 1 heterocycles. The van der Waals surface area contributed by atoms with Crippen LogP contribution in [0.1, 0.15) is 35.8 Å². The number of aromatic nitrogens is 1. The molecule has 6 nitrogen and oxygen atoms in total. The van der Waals surface area contributed by atoms with Crippen LogP contribution in [0, 0.1) is 0 Å². The van der Waals surface area contributed by atoms with Gasteiger partial charge < -0.3 is 4.74 Å². The third kappa shape index (κ3) is 4.26. The van der Waals surface area contributed by atoms with Crippen LogP contribution in [0.2, 0.25) is 0 Å². The van der Waals surface area contributed by atoms with Crippen molar-refractivity contribution in [1.29, 1.82) is 0 Å². The second kappa shape index (κ2) is 6.97. The van der Waals surface area contributed by atoms with E-state index in [1.54, 1.807) is 12.3 Å². The fourth-order valence-corrected chi connectivity index (χ4v) is 3.49. The number of rotatable bonds is 7. The lowest BCUT2D eigenvalue weighted by Crippen LogP contribution is -2.32. The Labute approximate surface area is 117 Å². The van der Waals surface area contributed by atoms with Crippen LogP contribution in [0.25, 0.3) is 0 Å². The van der Waals surface area contributed by atoms with Crippen molar-refractivity contribution in [3.63, 3.8) is 0 Å². The van der Waals surface area contributed by atoms with E-state index in [0.717, 1.165) is 6.42 Å². The van der Waals surface area contributed by atoms with Gasteiger partial charge in [0.05, 0.1) is 19.4 Å². The molecule has 0 saturated heterocycles. The summed E-state index contributed by atoms with van der Waals surface area (Å²) in [5, 5.41) is 2.16. The Morgan fingerprint density at radius 2 is 2.16 bits per heavy atom. The Hall–Kier alpha value is -0.990. The Bertz CT molecular complexity index is 525. The lowest BCUT2D eigenvalue weighted by Gasteiger charge is -2.19. The first-order chi connectivity index (χ1) is 8.94. The van der Waals surface area contributed by atoms with Crippen LogP contribution in [0.15, 0.2) is 5.38 Å². The van der Waals surface area contributed by atoms with Gasteiger partial charge in [0.25, 0.3) is 0 Å². The number of hydrogen-bond acceptors (Lipinski definition) is 6. The summed E-state index contributed by atoms with van der Waals surface area (Å²) in [5.74, 6) is -0.453. The van der Waals surface area contributed by atoms with Crippen LogP contribution in [0.3, 0.4) is 0 Å². The Morgan fingerprint density at radius 3 is 2.68 bits per heavy atom. The molecule has 1 aromatic heterocycles. The third-order valence-electron chi connectivity index (χ3n) is 2.49. The molecule has 0 fully saturated rings. The minimum Gasteiger partial charge on any atom is -0.464 e. The number of ether oxygens (including phenoxy) is 1.